The van der Waals surface area contributed by atoms with Crippen molar-refractivity contribution in [3.05, 3.63) is 29.3 Å². The van der Waals surface area contributed by atoms with Crippen LogP contribution in [-0.2, 0) is 4.79 Å². The first kappa shape index (κ1) is 18.2. The lowest BCUT2D eigenvalue weighted by Gasteiger charge is -2.28. The molecule has 0 heterocycles. The SMILES string of the molecule is CCC(CC)(CN)C(=O)Nc1ccc(C)c(C(=O)N(C)C)c1. The summed E-state index contributed by atoms with van der Waals surface area (Å²) in [5.74, 6) is -0.170. The zero-order valence-electron chi connectivity index (χ0n) is 14.2. The van der Waals surface area contributed by atoms with Crippen molar-refractivity contribution in [3.8, 4) is 0 Å². The van der Waals surface area contributed by atoms with Gasteiger partial charge >= 0.3 is 0 Å². The van der Waals surface area contributed by atoms with Crippen LogP contribution in [0.15, 0.2) is 18.2 Å². The van der Waals surface area contributed by atoms with Crippen molar-refractivity contribution in [2.45, 2.75) is 33.6 Å². The number of aryl methyl sites for hydroxylation is 1. The van der Waals surface area contributed by atoms with Gasteiger partial charge < -0.3 is 16.0 Å². The molecule has 5 heteroatoms. The third kappa shape index (κ3) is 3.65. The second-order valence-electron chi connectivity index (χ2n) is 5.87. The van der Waals surface area contributed by atoms with Crippen molar-refractivity contribution in [3.63, 3.8) is 0 Å². The molecule has 0 aliphatic rings. The van der Waals surface area contributed by atoms with Crippen LogP contribution >= 0.6 is 0 Å². The molecule has 22 heavy (non-hydrogen) atoms. The average molecular weight is 305 g/mol. The van der Waals surface area contributed by atoms with E-state index in [1.54, 1.807) is 20.2 Å². The van der Waals surface area contributed by atoms with Crippen LogP contribution in [0.2, 0.25) is 0 Å². The first-order chi connectivity index (χ1) is 10.3. The topological polar surface area (TPSA) is 75.4 Å². The van der Waals surface area contributed by atoms with E-state index in [9.17, 15) is 9.59 Å². The summed E-state index contributed by atoms with van der Waals surface area (Å²) in [6.45, 7) is 6.12. The number of nitrogens with one attached hydrogen (secondary N) is 1. The van der Waals surface area contributed by atoms with Crippen molar-refractivity contribution in [2.24, 2.45) is 11.1 Å². The van der Waals surface area contributed by atoms with Crippen molar-refractivity contribution < 1.29 is 9.59 Å². The lowest BCUT2D eigenvalue weighted by Crippen LogP contribution is -2.41. The smallest absolute Gasteiger partial charge is 0.253 e. The molecule has 5 nitrogen and oxygen atoms in total. The van der Waals surface area contributed by atoms with Gasteiger partial charge in [-0.25, -0.2) is 0 Å². The lowest BCUT2D eigenvalue weighted by molar-refractivity contribution is -0.125. The second kappa shape index (κ2) is 7.40. The van der Waals surface area contributed by atoms with E-state index < -0.39 is 5.41 Å². The molecule has 0 radical (unpaired) electrons. The van der Waals surface area contributed by atoms with Crippen LogP contribution in [0.25, 0.3) is 0 Å². The van der Waals surface area contributed by atoms with E-state index in [1.165, 1.54) is 4.90 Å². The molecule has 2 amide bonds. The molecule has 0 aromatic heterocycles. The number of hydrogen-bond acceptors (Lipinski definition) is 3. The summed E-state index contributed by atoms with van der Waals surface area (Å²) in [6.07, 6.45) is 1.36. The van der Waals surface area contributed by atoms with E-state index in [-0.39, 0.29) is 11.8 Å². The van der Waals surface area contributed by atoms with E-state index in [2.05, 4.69) is 5.32 Å². The van der Waals surface area contributed by atoms with E-state index >= 15 is 0 Å². The Bertz CT molecular complexity index is 541. The maximum atomic E-state index is 12.5. The molecule has 1 aromatic carbocycles. The zero-order valence-corrected chi connectivity index (χ0v) is 14.2. The standard InChI is InChI=1S/C17H27N3O2/c1-6-17(7-2,11-18)16(22)19-13-9-8-12(3)14(10-13)15(21)20(4)5/h8-10H,6-7,11,18H2,1-5H3,(H,19,22). The van der Waals surface area contributed by atoms with Gasteiger partial charge in [0, 0.05) is 31.9 Å². The van der Waals surface area contributed by atoms with Crippen LogP contribution in [0.5, 0.6) is 0 Å². The molecule has 0 spiro atoms. The largest absolute Gasteiger partial charge is 0.345 e. The fourth-order valence-electron chi connectivity index (χ4n) is 2.39. The van der Waals surface area contributed by atoms with Gasteiger partial charge in [0.1, 0.15) is 0 Å². The summed E-state index contributed by atoms with van der Waals surface area (Å²) in [5, 5.41) is 2.91. The van der Waals surface area contributed by atoms with E-state index in [1.807, 2.05) is 32.9 Å². The van der Waals surface area contributed by atoms with Gasteiger partial charge in [-0.05, 0) is 37.5 Å². The Kier molecular flexibility index (Phi) is 6.11. The summed E-state index contributed by atoms with van der Waals surface area (Å²) in [5.41, 5.74) is 7.34. The van der Waals surface area contributed by atoms with Gasteiger partial charge in [0.05, 0.1) is 5.41 Å². The number of carbonyl (C=O) groups is 2. The first-order valence-corrected chi connectivity index (χ1v) is 7.65. The minimum atomic E-state index is -0.559. The molecular formula is C17H27N3O2. The van der Waals surface area contributed by atoms with E-state index in [0.717, 1.165) is 5.56 Å². The number of rotatable bonds is 6. The van der Waals surface area contributed by atoms with Crippen molar-refractivity contribution >= 4 is 17.5 Å². The minimum Gasteiger partial charge on any atom is -0.345 e. The first-order valence-electron chi connectivity index (χ1n) is 7.65. The van der Waals surface area contributed by atoms with Crippen LogP contribution in [0, 0.1) is 12.3 Å². The summed E-state index contributed by atoms with van der Waals surface area (Å²) in [6, 6.07) is 5.38. The summed E-state index contributed by atoms with van der Waals surface area (Å²) in [4.78, 5) is 26.2. The number of anilines is 1. The molecule has 3 N–H and O–H groups in total. The van der Waals surface area contributed by atoms with Gasteiger partial charge in [0.15, 0.2) is 0 Å². The Balaban J connectivity index is 3.07. The summed E-state index contributed by atoms with van der Waals surface area (Å²) in [7, 11) is 3.42. The van der Waals surface area contributed by atoms with Crippen LogP contribution in [0.1, 0.15) is 42.6 Å². The van der Waals surface area contributed by atoms with Crippen LogP contribution in [-0.4, -0.2) is 37.4 Å². The van der Waals surface area contributed by atoms with Crippen LogP contribution in [0.4, 0.5) is 5.69 Å². The second-order valence-corrected chi connectivity index (χ2v) is 5.87. The van der Waals surface area contributed by atoms with Crippen molar-refractivity contribution in [1.82, 2.24) is 4.90 Å². The number of benzene rings is 1. The Morgan fingerprint density at radius 3 is 2.27 bits per heavy atom. The third-order valence-electron chi connectivity index (χ3n) is 4.36. The molecule has 1 aromatic rings. The monoisotopic (exact) mass is 305 g/mol. The highest BCUT2D eigenvalue weighted by molar-refractivity contribution is 5.99. The summed E-state index contributed by atoms with van der Waals surface area (Å²) < 4.78 is 0. The predicted octanol–water partition coefficient (Wildman–Crippen LogP) is 2.40. The fourth-order valence-corrected chi connectivity index (χ4v) is 2.39. The predicted molar refractivity (Wildman–Crippen MR) is 89.9 cm³/mol. The minimum absolute atomic E-state index is 0.0790. The molecule has 1 rings (SSSR count). The Labute approximate surface area is 132 Å². The normalized spacial score (nSPS) is 11.2. The average Bonchev–Trinajstić information content (AvgIpc) is 2.50. The Morgan fingerprint density at radius 1 is 1.23 bits per heavy atom. The van der Waals surface area contributed by atoms with Crippen LogP contribution < -0.4 is 11.1 Å². The van der Waals surface area contributed by atoms with Gasteiger partial charge in [-0.3, -0.25) is 9.59 Å². The maximum absolute atomic E-state index is 12.5. The fraction of sp³-hybridized carbons (Fsp3) is 0.529. The lowest BCUT2D eigenvalue weighted by atomic mass is 9.81. The van der Waals surface area contributed by atoms with E-state index in [0.29, 0.717) is 30.6 Å². The number of hydrogen-bond donors (Lipinski definition) is 2. The quantitative estimate of drug-likeness (QED) is 0.847. The Morgan fingerprint density at radius 2 is 1.82 bits per heavy atom. The van der Waals surface area contributed by atoms with Gasteiger partial charge in [-0.1, -0.05) is 19.9 Å². The Hall–Kier alpha value is -1.88. The molecule has 0 fully saturated rings. The maximum Gasteiger partial charge on any atom is 0.253 e. The summed E-state index contributed by atoms with van der Waals surface area (Å²) >= 11 is 0. The van der Waals surface area contributed by atoms with Crippen molar-refractivity contribution in [1.29, 1.82) is 0 Å². The highest BCUT2D eigenvalue weighted by atomic mass is 16.2. The molecular weight excluding hydrogens is 278 g/mol. The van der Waals surface area contributed by atoms with Crippen molar-refractivity contribution in [2.75, 3.05) is 26.0 Å². The number of amides is 2. The molecule has 0 saturated carbocycles. The molecule has 0 atom stereocenters. The molecule has 0 unspecified atom stereocenters. The third-order valence-corrected chi connectivity index (χ3v) is 4.36. The molecule has 0 bridgehead atoms. The number of nitrogens with zero attached hydrogens (tertiary/aromatic N) is 1. The van der Waals surface area contributed by atoms with E-state index in [4.69, 9.17) is 5.73 Å². The molecule has 122 valence electrons. The zero-order chi connectivity index (χ0) is 16.9. The molecule has 0 saturated heterocycles. The van der Waals surface area contributed by atoms with Gasteiger partial charge in [-0.2, -0.15) is 0 Å². The van der Waals surface area contributed by atoms with Gasteiger partial charge in [0.25, 0.3) is 5.91 Å². The van der Waals surface area contributed by atoms with Gasteiger partial charge in [0.2, 0.25) is 5.91 Å². The van der Waals surface area contributed by atoms with Crippen LogP contribution in [0.3, 0.4) is 0 Å². The molecule has 0 aliphatic carbocycles. The number of carbonyl (C=O) groups excluding carboxylic acids is 2. The molecule has 0 aliphatic heterocycles. The highest BCUT2D eigenvalue weighted by Crippen LogP contribution is 2.27. The highest BCUT2D eigenvalue weighted by Gasteiger charge is 2.33. The van der Waals surface area contributed by atoms with Gasteiger partial charge in [-0.15, -0.1) is 0 Å². The number of nitrogens with two attached hydrogens (primary N) is 1.